The van der Waals surface area contributed by atoms with Crippen LogP contribution in [0.5, 0.6) is 0 Å². The van der Waals surface area contributed by atoms with Gasteiger partial charge in [-0.2, -0.15) is 0 Å². The van der Waals surface area contributed by atoms with E-state index in [9.17, 15) is 0 Å². The molecule has 0 amide bonds. The lowest BCUT2D eigenvalue weighted by atomic mass is 9.90. The van der Waals surface area contributed by atoms with Gasteiger partial charge in [-0.25, -0.2) is 0 Å². The van der Waals surface area contributed by atoms with Crippen molar-refractivity contribution in [2.75, 3.05) is 19.7 Å². The molecule has 0 aromatic rings. The van der Waals surface area contributed by atoms with Crippen LogP contribution in [0.3, 0.4) is 0 Å². The summed E-state index contributed by atoms with van der Waals surface area (Å²) < 4.78 is 5.65. The Kier molecular flexibility index (Phi) is 6.26. The Morgan fingerprint density at radius 3 is 2.73 bits per heavy atom. The van der Waals surface area contributed by atoms with Gasteiger partial charge in [0.25, 0.3) is 0 Å². The van der Waals surface area contributed by atoms with Crippen LogP contribution < -0.4 is 5.32 Å². The molecule has 1 N–H and O–H groups in total. The predicted octanol–water partition coefficient (Wildman–Crippen LogP) is 2.83. The Morgan fingerprint density at radius 2 is 2.13 bits per heavy atom. The number of ether oxygens (including phenoxy) is 1. The Bertz CT molecular complexity index is 155. The Labute approximate surface area is 94.8 Å². The molecule has 0 aromatic heterocycles. The summed E-state index contributed by atoms with van der Waals surface area (Å²) in [5.74, 6) is 1.60. The second-order valence-corrected chi connectivity index (χ2v) is 4.97. The third-order valence-corrected chi connectivity index (χ3v) is 3.66. The molecule has 1 rings (SSSR count). The highest BCUT2D eigenvalue weighted by Crippen LogP contribution is 2.22. The summed E-state index contributed by atoms with van der Waals surface area (Å²) in [5.41, 5.74) is 0. The van der Waals surface area contributed by atoms with Gasteiger partial charge in [0.2, 0.25) is 0 Å². The molecule has 1 fully saturated rings. The van der Waals surface area contributed by atoms with Crippen molar-refractivity contribution >= 4 is 0 Å². The summed E-state index contributed by atoms with van der Waals surface area (Å²) in [6, 6.07) is 0. The summed E-state index contributed by atoms with van der Waals surface area (Å²) in [6.07, 6.45) is 5.70. The maximum absolute atomic E-state index is 5.65. The van der Waals surface area contributed by atoms with Gasteiger partial charge in [-0.1, -0.05) is 20.8 Å². The molecule has 1 saturated heterocycles. The van der Waals surface area contributed by atoms with Gasteiger partial charge in [0.1, 0.15) is 0 Å². The summed E-state index contributed by atoms with van der Waals surface area (Å²) in [7, 11) is 0. The summed E-state index contributed by atoms with van der Waals surface area (Å²) in [4.78, 5) is 0. The Morgan fingerprint density at radius 1 is 1.33 bits per heavy atom. The van der Waals surface area contributed by atoms with Gasteiger partial charge in [-0.15, -0.1) is 0 Å². The maximum Gasteiger partial charge on any atom is 0.0576 e. The third-order valence-electron chi connectivity index (χ3n) is 3.66. The largest absolute Gasteiger partial charge is 0.378 e. The van der Waals surface area contributed by atoms with Crippen molar-refractivity contribution in [3.8, 4) is 0 Å². The molecule has 0 bridgehead atoms. The van der Waals surface area contributed by atoms with Gasteiger partial charge in [-0.3, -0.25) is 0 Å². The van der Waals surface area contributed by atoms with Gasteiger partial charge in [-0.05, 0) is 50.6 Å². The topological polar surface area (TPSA) is 21.3 Å². The lowest BCUT2D eigenvalue weighted by molar-refractivity contribution is 0.0961. The van der Waals surface area contributed by atoms with E-state index in [0.29, 0.717) is 6.10 Å². The van der Waals surface area contributed by atoms with E-state index in [-0.39, 0.29) is 0 Å². The fourth-order valence-electron chi connectivity index (χ4n) is 2.18. The monoisotopic (exact) mass is 213 g/mol. The van der Waals surface area contributed by atoms with Crippen molar-refractivity contribution < 1.29 is 4.74 Å². The Balaban J connectivity index is 2.08. The molecule has 3 unspecified atom stereocenters. The number of rotatable bonds is 7. The van der Waals surface area contributed by atoms with E-state index in [0.717, 1.165) is 31.5 Å². The smallest absolute Gasteiger partial charge is 0.0576 e. The van der Waals surface area contributed by atoms with E-state index in [1.54, 1.807) is 0 Å². The van der Waals surface area contributed by atoms with Crippen LogP contribution in [0.1, 0.15) is 46.5 Å². The zero-order valence-electron chi connectivity index (χ0n) is 10.6. The molecule has 0 radical (unpaired) electrons. The van der Waals surface area contributed by atoms with Crippen LogP contribution in [-0.2, 0) is 4.74 Å². The standard InChI is InChI=1S/C13H27NO/c1-4-14-10-12(3)11(2)7-8-13-6-5-9-15-13/h11-14H,4-10H2,1-3H3. The van der Waals surface area contributed by atoms with Crippen molar-refractivity contribution in [2.24, 2.45) is 11.8 Å². The van der Waals surface area contributed by atoms with Crippen LogP contribution in [0, 0.1) is 11.8 Å². The number of nitrogens with one attached hydrogen (secondary N) is 1. The molecule has 0 spiro atoms. The first-order valence-corrected chi connectivity index (χ1v) is 6.56. The van der Waals surface area contributed by atoms with E-state index < -0.39 is 0 Å². The summed E-state index contributed by atoms with van der Waals surface area (Å²) >= 11 is 0. The van der Waals surface area contributed by atoms with Crippen molar-refractivity contribution in [2.45, 2.75) is 52.6 Å². The van der Waals surface area contributed by atoms with Gasteiger partial charge in [0.05, 0.1) is 6.10 Å². The quantitative estimate of drug-likeness (QED) is 0.702. The van der Waals surface area contributed by atoms with Gasteiger partial charge >= 0.3 is 0 Å². The van der Waals surface area contributed by atoms with Crippen LogP contribution in [0.4, 0.5) is 0 Å². The highest BCUT2D eigenvalue weighted by molar-refractivity contribution is 4.70. The minimum absolute atomic E-state index is 0.568. The van der Waals surface area contributed by atoms with E-state index in [4.69, 9.17) is 4.74 Å². The van der Waals surface area contributed by atoms with E-state index in [1.165, 1.54) is 25.7 Å². The normalized spacial score (nSPS) is 25.4. The first-order valence-electron chi connectivity index (χ1n) is 6.56. The SMILES string of the molecule is CCNCC(C)C(C)CCC1CCCO1. The predicted molar refractivity (Wildman–Crippen MR) is 65.1 cm³/mol. The first kappa shape index (κ1) is 13.0. The lowest BCUT2D eigenvalue weighted by Crippen LogP contribution is -2.25. The Hall–Kier alpha value is -0.0800. The summed E-state index contributed by atoms with van der Waals surface area (Å²) in [5, 5.41) is 3.43. The molecule has 1 heterocycles. The fourth-order valence-corrected chi connectivity index (χ4v) is 2.18. The highest BCUT2D eigenvalue weighted by Gasteiger charge is 2.18. The molecule has 0 saturated carbocycles. The maximum atomic E-state index is 5.65. The van der Waals surface area contributed by atoms with Crippen molar-refractivity contribution in [1.82, 2.24) is 5.32 Å². The highest BCUT2D eigenvalue weighted by atomic mass is 16.5. The van der Waals surface area contributed by atoms with Gasteiger partial charge < -0.3 is 10.1 Å². The van der Waals surface area contributed by atoms with E-state index in [1.807, 2.05) is 0 Å². The second kappa shape index (κ2) is 7.24. The minimum atomic E-state index is 0.568. The second-order valence-electron chi connectivity index (χ2n) is 4.97. The molecule has 1 aliphatic rings. The molecule has 2 nitrogen and oxygen atoms in total. The lowest BCUT2D eigenvalue weighted by Gasteiger charge is -2.21. The average Bonchev–Trinajstić information content (AvgIpc) is 2.75. The minimum Gasteiger partial charge on any atom is -0.378 e. The zero-order valence-corrected chi connectivity index (χ0v) is 10.6. The zero-order chi connectivity index (χ0) is 11.1. The van der Waals surface area contributed by atoms with Crippen LogP contribution in [-0.4, -0.2) is 25.8 Å². The molecule has 3 atom stereocenters. The molecule has 2 heteroatoms. The first-order chi connectivity index (χ1) is 7.24. The average molecular weight is 213 g/mol. The molecule has 15 heavy (non-hydrogen) atoms. The van der Waals surface area contributed by atoms with Crippen molar-refractivity contribution in [3.63, 3.8) is 0 Å². The molecule has 0 aromatic carbocycles. The van der Waals surface area contributed by atoms with Crippen molar-refractivity contribution in [1.29, 1.82) is 0 Å². The van der Waals surface area contributed by atoms with E-state index >= 15 is 0 Å². The molecule has 1 aliphatic heterocycles. The molecule has 0 aliphatic carbocycles. The molecular formula is C13H27NO. The van der Waals surface area contributed by atoms with Gasteiger partial charge in [0.15, 0.2) is 0 Å². The number of hydrogen-bond donors (Lipinski definition) is 1. The van der Waals surface area contributed by atoms with E-state index in [2.05, 4.69) is 26.1 Å². The van der Waals surface area contributed by atoms with Crippen LogP contribution in [0.25, 0.3) is 0 Å². The molecule has 90 valence electrons. The summed E-state index contributed by atoms with van der Waals surface area (Å²) in [6.45, 7) is 10.1. The fraction of sp³-hybridized carbons (Fsp3) is 1.00. The van der Waals surface area contributed by atoms with Gasteiger partial charge in [0, 0.05) is 6.61 Å². The third kappa shape index (κ3) is 4.98. The van der Waals surface area contributed by atoms with Crippen LogP contribution >= 0.6 is 0 Å². The van der Waals surface area contributed by atoms with Crippen LogP contribution in [0.15, 0.2) is 0 Å². The van der Waals surface area contributed by atoms with Crippen molar-refractivity contribution in [3.05, 3.63) is 0 Å². The number of hydrogen-bond acceptors (Lipinski definition) is 2. The molecular weight excluding hydrogens is 186 g/mol. The van der Waals surface area contributed by atoms with Crippen LogP contribution in [0.2, 0.25) is 0 Å².